The molecule has 0 saturated heterocycles. The molecule has 0 amide bonds. The van der Waals surface area contributed by atoms with Crippen molar-refractivity contribution in [2.24, 2.45) is 0 Å². The zero-order chi connectivity index (χ0) is 8.39. The average molecular weight is 178 g/mol. The quantitative estimate of drug-likeness (QED) is 0.665. The number of hydrogen-bond donors (Lipinski definition) is 0. The molecule has 0 bridgehead atoms. The molecule has 0 aliphatic rings. The Morgan fingerprint density at radius 1 is 1.58 bits per heavy atom. The predicted molar refractivity (Wildman–Crippen MR) is 46.3 cm³/mol. The standard InChI is InChI=1S/C8H6N2OS/c11-8(7-2-1-5-12-7)10-4-3-9-6-10/h1-6H. The van der Waals surface area contributed by atoms with Gasteiger partial charge >= 0.3 is 0 Å². The summed E-state index contributed by atoms with van der Waals surface area (Å²) in [4.78, 5) is 16.0. The van der Waals surface area contributed by atoms with Crippen molar-refractivity contribution in [2.75, 3.05) is 0 Å². The van der Waals surface area contributed by atoms with Gasteiger partial charge in [-0.2, -0.15) is 0 Å². The highest BCUT2D eigenvalue weighted by Gasteiger charge is 2.06. The molecule has 0 unspecified atom stereocenters. The Morgan fingerprint density at radius 3 is 3.08 bits per heavy atom. The number of hydrogen-bond acceptors (Lipinski definition) is 3. The Labute approximate surface area is 73.3 Å². The lowest BCUT2D eigenvalue weighted by atomic mass is 10.4. The highest BCUT2D eigenvalue weighted by Crippen LogP contribution is 2.09. The van der Waals surface area contributed by atoms with Gasteiger partial charge in [0.05, 0.1) is 4.88 Å². The zero-order valence-electron chi connectivity index (χ0n) is 6.18. The van der Waals surface area contributed by atoms with E-state index >= 15 is 0 Å². The molecule has 2 aromatic heterocycles. The number of carbonyl (C=O) groups excluding carboxylic acids is 1. The molecule has 2 rings (SSSR count). The van der Waals surface area contributed by atoms with Crippen molar-refractivity contribution in [3.8, 4) is 0 Å². The van der Waals surface area contributed by atoms with Crippen LogP contribution in [0.1, 0.15) is 9.67 Å². The zero-order valence-corrected chi connectivity index (χ0v) is 6.99. The Morgan fingerprint density at radius 2 is 2.50 bits per heavy atom. The van der Waals surface area contributed by atoms with Gasteiger partial charge in [-0.1, -0.05) is 6.07 Å². The van der Waals surface area contributed by atoms with Crippen molar-refractivity contribution in [1.29, 1.82) is 0 Å². The third-order valence-electron chi connectivity index (χ3n) is 1.47. The molecule has 0 aliphatic carbocycles. The summed E-state index contributed by atoms with van der Waals surface area (Å²) in [7, 11) is 0. The second kappa shape index (κ2) is 2.91. The average Bonchev–Trinajstić information content (AvgIpc) is 2.77. The summed E-state index contributed by atoms with van der Waals surface area (Å²) < 4.78 is 1.46. The van der Waals surface area contributed by atoms with Crippen LogP contribution in [0, 0.1) is 0 Å². The molecule has 2 aromatic rings. The SMILES string of the molecule is O=C(c1cccs1)n1ccnc1. The lowest BCUT2D eigenvalue weighted by molar-refractivity contribution is 0.0964. The topological polar surface area (TPSA) is 34.9 Å². The first-order valence-corrected chi connectivity index (χ1v) is 4.32. The predicted octanol–water partition coefficient (Wildman–Crippen LogP) is 1.63. The van der Waals surface area contributed by atoms with Crippen LogP contribution in [0.2, 0.25) is 0 Å². The largest absolute Gasteiger partial charge is 0.273 e. The van der Waals surface area contributed by atoms with Crippen molar-refractivity contribution in [1.82, 2.24) is 9.55 Å². The first-order chi connectivity index (χ1) is 5.88. The first-order valence-electron chi connectivity index (χ1n) is 3.44. The van der Waals surface area contributed by atoms with E-state index in [0.29, 0.717) is 0 Å². The summed E-state index contributed by atoms with van der Waals surface area (Å²) in [6, 6.07) is 3.65. The van der Waals surface area contributed by atoms with E-state index in [2.05, 4.69) is 4.98 Å². The molecule has 0 spiro atoms. The van der Waals surface area contributed by atoms with E-state index < -0.39 is 0 Å². The number of nitrogens with zero attached hydrogens (tertiary/aromatic N) is 2. The Balaban J connectivity index is 2.34. The molecule has 0 aliphatic heterocycles. The lowest BCUT2D eigenvalue weighted by Gasteiger charge is -1.94. The van der Waals surface area contributed by atoms with E-state index in [9.17, 15) is 4.79 Å². The maximum atomic E-state index is 11.5. The van der Waals surface area contributed by atoms with E-state index in [1.54, 1.807) is 18.5 Å². The molecule has 4 heteroatoms. The second-order valence-corrected chi connectivity index (χ2v) is 3.20. The molecule has 3 nitrogen and oxygen atoms in total. The number of rotatable bonds is 1. The highest BCUT2D eigenvalue weighted by atomic mass is 32.1. The molecular formula is C8H6N2OS. The first kappa shape index (κ1) is 7.24. The fourth-order valence-corrected chi connectivity index (χ4v) is 1.57. The van der Waals surface area contributed by atoms with Crippen LogP contribution in [-0.2, 0) is 0 Å². The van der Waals surface area contributed by atoms with E-state index in [-0.39, 0.29) is 5.91 Å². The monoisotopic (exact) mass is 178 g/mol. The van der Waals surface area contributed by atoms with E-state index in [1.165, 1.54) is 22.2 Å². The number of carbonyl (C=O) groups is 1. The van der Waals surface area contributed by atoms with Gasteiger partial charge in [0.25, 0.3) is 5.91 Å². The van der Waals surface area contributed by atoms with Gasteiger partial charge in [-0.25, -0.2) is 4.98 Å². The van der Waals surface area contributed by atoms with E-state index in [1.807, 2.05) is 11.4 Å². The normalized spacial score (nSPS) is 10.0. The minimum absolute atomic E-state index is 0.0255. The van der Waals surface area contributed by atoms with E-state index in [0.717, 1.165) is 4.88 Å². The molecule has 0 aromatic carbocycles. The molecule has 60 valence electrons. The Kier molecular flexibility index (Phi) is 1.75. The van der Waals surface area contributed by atoms with Crippen molar-refractivity contribution in [3.05, 3.63) is 41.1 Å². The highest BCUT2D eigenvalue weighted by molar-refractivity contribution is 7.12. The lowest BCUT2D eigenvalue weighted by Crippen LogP contribution is -2.07. The van der Waals surface area contributed by atoms with Crippen LogP contribution in [0.15, 0.2) is 36.2 Å². The number of thiophene rings is 1. The minimum Gasteiger partial charge on any atom is -0.272 e. The fraction of sp³-hybridized carbons (Fsp3) is 0. The summed E-state index contributed by atoms with van der Waals surface area (Å²) in [5.74, 6) is -0.0255. The van der Waals surface area contributed by atoms with Gasteiger partial charge in [0.1, 0.15) is 6.33 Å². The molecule has 12 heavy (non-hydrogen) atoms. The van der Waals surface area contributed by atoms with Crippen molar-refractivity contribution in [2.45, 2.75) is 0 Å². The van der Waals surface area contributed by atoms with Crippen LogP contribution >= 0.6 is 11.3 Å². The molecule has 0 N–H and O–H groups in total. The maximum absolute atomic E-state index is 11.5. The maximum Gasteiger partial charge on any atom is 0.273 e. The van der Waals surface area contributed by atoms with Gasteiger partial charge in [0.2, 0.25) is 0 Å². The molecule has 2 heterocycles. The van der Waals surface area contributed by atoms with Gasteiger partial charge in [0.15, 0.2) is 0 Å². The second-order valence-electron chi connectivity index (χ2n) is 2.25. The summed E-state index contributed by atoms with van der Waals surface area (Å²) >= 11 is 1.43. The fourth-order valence-electron chi connectivity index (χ4n) is 0.907. The van der Waals surface area contributed by atoms with Crippen LogP contribution in [-0.4, -0.2) is 15.5 Å². The smallest absolute Gasteiger partial charge is 0.272 e. The van der Waals surface area contributed by atoms with E-state index in [4.69, 9.17) is 0 Å². The summed E-state index contributed by atoms with van der Waals surface area (Å²) in [5, 5.41) is 1.88. The summed E-state index contributed by atoms with van der Waals surface area (Å²) in [6.07, 6.45) is 4.73. The molecule has 0 radical (unpaired) electrons. The Hall–Kier alpha value is -1.42. The molecule has 0 fully saturated rings. The van der Waals surface area contributed by atoms with Crippen molar-refractivity contribution >= 4 is 17.2 Å². The summed E-state index contributed by atoms with van der Waals surface area (Å²) in [6.45, 7) is 0. The third kappa shape index (κ3) is 1.16. The van der Waals surface area contributed by atoms with Gasteiger partial charge in [-0.3, -0.25) is 9.36 Å². The van der Waals surface area contributed by atoms with Gasteiger partial charge < -0.3 is 0 Å². The van der Waals surface area contributed by atoms with Crippen molar-refractivity contribution in [3.63, 3.8) is 0 Å². The Bertz CT molecular complexity index is 327. The third-order valence-corrected chi connectivity index (χ3v) is 2.33. The van der Waals surface area contributed by atoms with Crippen molar-refractivity contribution < 1.29 is 4.79 Å². The number of aromatic nitrogens is 2. The minimum atomic E-state index is -0.0255. The molecule has 0 atom stereocenters. The summed E-state index contributed by atoms with van der Waals surface area (Å²) in [5.41, 5.74) is 0. The van der Waals surface area contributed by atoms with Crippen LogP contribution in [0.5, 0.6) is 0 Å². The molecular weight excluding hydrogens is 172 g/mol. The van der Waals surface area contributed by atoms with Crippen LogP contribution < -0.4 is 0 Å². The van der Waals surface area contributed by atoms with Crippen LogP contribution in [0.4, 0.5) is 0 Å². The van der Waals surface area contributed by atoms with Gasteiger partial charge in [-0.05, 0) is 11.4 Å². The van der Waals surface area contributed by atoms with Crippen LogP contribution in [0.3, 0.4) is 0 Å². The molecule has 0 saturated carbocycles. The van der Waals surface area contributed by atoms with Crippen LogP contribution in [0.25, 0.3) is 0 Å². The van der Waals surface area contributed by atoms with Gasteiger partial charge in [-0.15, -0.1) is 11.3 Å². The van der Waals surface area contributed by atoms with Gasteiger partial charge in [0, 0.05) is 12.4 Å². The number of imidazole rings is 1.